The molecule has 2 aromatic carbocycles. The molecule has 22 heavy (non-hydrogen) atoms. The van der Waals surface area contributed by atoms with Crippen molar-refractivity contribution >= 4 is 17.6 Å². The standard InChI is InChI=1S/C17H17NO4/c1-12-4-2-7-15(10-12)22-9-8-16(19)18-14-6-3-5-13(11-14)17(20)21/h2-7,10-11H,8-9H2,1H3,(H,18,19)(H,20,21). The summed E-state index contributed by atoms with van der Waals surface area (Å²) in [5.41, 5.74) is 1.68. The van der Waals surface area contributed by atoms with Crippen LogP contribution in [-0.4, -0.2) is 23.6 Å². The van der Waals surface area contributed by atoms with Crippen molar-refractivity contribution in [1.82, 2.24) is 0 Å². The SMILES string of the molecule is Cc1cccc(OCCC(=O)Nc2cccc(C(=O)O)c2)c1. The zero-order chi connectivity index (χ0) is 15.9. The number of aryl methyl sites for hydroxylation is 1. The monoisotopic (exact) mass is 299 g/mol. The second-order valence-electron chi connectivity index (χ2n) is 4.85. The number of hydrogen-bond acceptors (Lipinski definition) is 3. The lowest BCUT2D eigenvalue weighted by molar-refractivity contribution is -0.116. The molecule has 0 radical (unpaired) electrons. The van der Waals surface area contributed by atoms with Gasteiger partial charge >= 0.3 is 5.97 Å². The quantitative estimate of drug-likeness (QED) is 0.859. The van der Waals surface area contributed by atoms with Crippen LogP contribution in [0.5, 0.6) is 5.75 Å². The summed E-state index contributed by atoms with van der Waals surface area (Å²) in [5, 5.41) is 11.6. The van der Waals surface area contributed by atoms with Crippen molar-refractivity contribution in [3.05, 3.63) is 59.7 Å². The normalized spacial score (nSPS) is 10.0. The Morgan fingerprint density at radius 1 is 1.14 bits per heavy atom. The van der Waals surface area contributed by atoms with Crippen LogP contribution in [0.15, 0.2) is 48.5 Å². The average Bonchev–Trinajstić information content (AvgIpc) is 2.47. The number of aromatic carboxylic acids is 1. The van der Waals surface area contributed by atoms with E-state index in [1.807, 2.05) is 31.2 Å². The van der Waals surface area contributed by atoms with Gasteiger partial charge in [0.2, 0.25) is 5.91 Å². The van der Waals surface area contributed by atoms with E-state index in [0.29, 0.717) is 5.69 Å². The first-order valence-corrected chi connectivity index (χ1v) is 6.87. The highest BCUT2D eigenvalue weighted by atomic mass is 16.5. The average molecular weight is 299 g/mol. The number of nitrogens with one attached hydrogen (secondary N) is 1. The minimum Gasteiger partial charge on any atom is -0.493 e. The van der Waals surface area contributed by atoms with Gasteiger partial charge in [0.05, 0.1) is 18.6 Å². The van der Waals surface area contributed by atoms with Crippen LogP contribution in [0, 0.1) is 6.92 Å². The van der Waals surface area contributed by atoms with E-state index in [1.165, 1.54) is 12.1 Å². The van der Waals surface area contributed by atoms with Crippen LogP contribution in [0.4, 0.5) is 5.69 Å². The van der Waals surface area contributed by atoms with Gasteiger partial charge in [-0.25, -0.2) is 4.79 Å². The number of carbonyl (C=O) groups is 2. The third-order valence-corrected chi connectivity index (χ3v) is 2.98. The topological polar surface area (TPSA) is 75.6 Å². The van der Waals surface area contributed by atoms with Gasteiger partial charge in [-0.15, -0.1) is 0 Å². The first-order valence-electron chi connectivity index (χ1n) is 6.87. The van der Waals surface area contributed by atoms with Gasteiger partial charge in [0.15, 0.2) is 0 Å². The smallest absolute Gasteiger partial charge is 0.335 e. The Balaban J connectivity index is 1.83. The molecule has 0 saturated carbocycles. The first kappa shape index (κ1) is 15.6. The highest BCUT2D eigenvalue weighted by Crippen LogP contribution is 2.13. The van der Waals surface area contributed by atoms with Crippen LogP contribution in [-0.2, 0) is 4.79 Å². The minimum atomic E-state index is -1.03. The fraction of sp³-hybridized carbons (Fsp3) is 0.176. The van der Waals surface area contributed by atoms with Crippen molar-refractivity contribution in [3.8, 4) is 5.75 Å². The van der Waals surface area contributed by atoms with Gasteiger partial charge in [0.1, 0.15) is 5.75 Å². The number of amides is 1. The number of hydrogen-bond donors (Lipinski definition) is 2. The molecule has 114 valence electrons. The molecule has 0 atom stereocenters. The van der Waals surface area contributed by atoms with Gasteiger partial charge in [0.25, 0.3) is 0 Å². The summed E-state index contributed by atoms with van der Waals surface area (Å²) in [6, 6.07) is 13.7. The van der Waals surface area contributed by atoms with Crippen molar-refractivity contribution in [2.24, 2.45) is 0 Å². The number of carboxylic acid groups (broad SMARTS) is 1. The zero-order valence-electron chi connectivity index (χ0n) is 12.2. The maximum Gasteiger partial charge on any atom is 0.335 e. The molecular weight excluding hydrogens is 282 g/mol. The van der Waals surface area contributed by atoms with Crippen LogP contribution in [0.25, 0.3) is 0 Å². The fourth-order valence-corrected chi connectivity index (χ4v) is 1.92. The van der Waals surface area contributed by atoms with Gasteiger partial charge in [-0.3, -0.25) is 4.79 Å². The fourth-order valence-electron chi connectivity index (χ4n) is 1.92. The Kier molecular flexibility index (Phi) is 5.14. The van der Waals surface area contributed by atoms with Crippen LogP contribution in [0.1, 0.15) is 22.3 Å². The lowest BCUT2D eigenvalue weighted by atomic mass is 10.2. The van der Waals surface area contributed by atoms with E-state index >= 15 is 0 Å². The summed E-state index contributed by atoms with van der Waals surface area (Å²) in [6.45, 7) is 2.23. The van der Waals surface area contributed by atoms with Gasteiger partial charge in [-0.2, -0.15) is 0 Å². The summed E-state index contributed by atoms with van der Waals surface area (Å²) in [6.07, 6.45) is 0.186. The lowest BCUT2D eigenvalue weighted by Crippen LogP contribution is -2.15. The Hall–Kier alpha value is -2.82. The van der Waals surface area contributed by atoms with E-state index < -0.39 is 5.97 Å². The van der Waals surface area contributed by atoms with Crippen LogP contribution in [0.3, 0.4) is 0 Å². The Bertz CT molecular complexity index is 682. The van der Waals surface area contributed by atoms with Crippen LogP contribution >= 0.6 is 0 Å². The lowest BCUT2D eigenvalue weighted by Gasteiger charge is -2.08. The van der Waals surface area contributed by atoms with Crippen molar-refractivity contribution in [2.75, 3.05) is 11.9 Å². The van der Waals surface area contributed by atoms with Gasteiger partial charge in [-0.05, 0) is 42.8 Å². The van der Waals surface area contributed by atoms with E-state index in [0.717, 1.165) is 11.3 Å². The van der Waals surface area contributed by atoms with E-state index in [9.17, 15) is 9.59 Å². The molecule has 0 unspecified atom stereocenters. The molecule has 2 aromatic rings. The summed E-state index contributed by atoms with van der Waals surface area (Å²) < 4.78 is 5.50. The summed E-state index contributed by atoms with van der Waals surface area (Å²) in [5.74, 6) is -0.533. The molecule has 1 amide bonds. The molecule has 0 aromatic heterocycles. The summed E-state index contributed by atoms with van der Waals surface area (Å²) in [7, 11) is 0. The molecule has 2 rings (SSSR count). The zero-order valence-corrected chi connectivity index (χ0v) is 12.2. The molecule has 0 spiro atoms. The highest BCUT2D eigenvalue weighted by Gasteiger charge is 2.06. The number of carbonyl (C=O) groups excluding carboxylic acids is 1. The number of ether oxygens (including phenoxy) is 1. The van der Waals surface area contributed by atoms with E-state index in [2.05, 4.69) is 5.32 Å². The molecule has 2 N–H and O–H groups in total. The van der Waals surface area contributed by atoms with Gasteiger partial charge < -0.3 is 15.2 Å². The van der Waals surface area contributed by atoms with Gasteiger partial charge in [-0.1, -0.05) is 18.2 Å². The molecule has 0 aliphatic rings. The van der Waals surface area contributed by atoms with E-state index in [1.54, 1.807) is 12.1 Å². The number of carboxylic acids is 1. The van der Waals surface area contributed by atoms with Crippen molar-refractivity contribution in [3.63, 3.8) is 0 Å². The minimum absolute atomic E-state index is 0.133. The number of benzene rings is 2. The second-order valence-corrected chi connectivity index (χ2v) is 4.85. The van der Waals surface area contributed by atoms with Crippen LogP contribution < -0.4 is 10.1 Å². The van der Waals surface area contributed by atoms with Crippen molar-refractivity contribution < 1.29 is 19.4 Å². The van der Waals surface area contributed by atoms with Crippen LogP contribution in [0.2, 0.25) is 0 Å². The van der Waals surface area contributed by atoms with Gasteiger partial charge in [0, 0.05) is 5.69 Å². The molecule has 0 fully saturated rings. The maximum absolute atomic E-state index is 11.8. The predicted molar refractivity (Wildman–Crippen MR) is 83.3 cm³/mol. The Morgan fingerprint density at radius 2 is 1.91 bits per heavy atom. The molecule has 0 saturated heterocycles. The largest absolute Gasteiger partial charge is 0.493 e. The molecule has 0 bridgehead atoms. The van der Waals surface area contributed by atoms with E-state index in [4.69, 9.17) is 9.84 Å². The van der Waals surface area contributed by atoms with E-state index in [-0.39, 0.29) is 24.5 Å². The molecule has 0 aliphatic carbocycles. The van der Waals surface area contributed by atoms with Crippen molar-refractivity contribution in [1.29, 1.82) is 0 Å². The molecular formula is C17H17NO4. The predicted octanol–water partition coefficient (Wildman–Crippen LogP) is 3.10. The Morgan fingerprint density at radius 3 is 2.64 bits per heavy atom. The molecule has 5 nitrogen and oxygen atoms in total. The molecule has 0 heterocycles. The third kappa shape index (κ3) is 4.63. The summed E-state index contributed by atoms with van der Waals surface area (Å²) in [4.78, 5) is 22.7. The maximum atomic E-state index is 11.8. The molecule has 0 aliphatic heterocycles. The highest BCUT2D eigenvalue weighted by molar-refractivity contribution is 5.93. The third-order valence-electron chi connectivity index (χ3n) is 2.98. The second kappa shape index (κ2) is 7.26. The van der Waals surface area contributed by atoms with Crippen molar-refractivity contribution in [2.45, 2.75) is 13.3 Å². The Labute approximate surface area is 128 Å². The molecule has 5 heteroatoms. The number of rotatable bonds is 6. The summed E-state index contributed by atoms with van der Waals surface area (Å²) >= 11 is 0. The first-order chi connectivity index (χ1) is 10.5. The number of anilines is 1.